The second-order valence-electron chi connectivity index (χ2n) is 6.95. The van der Waals surface area contributed by atoms with Crippen LogP contribution in [0.4, 0.5) is 0 Å². The summed E-state index contributed by atoms with van der Waals surface area (Å²) < 4.78 is 6.38. The van der Waals surface area contributed by atoms with E-state index in [1.54, 1.807) is 12.1 Å². The van der Waals surface area contributed by atoms with Gasteiger partial charge in [-0.3, -0.25) is 4.79 Å². The van der Waals surface area contributed by atoms with Gasteiger partial charge in [0.25, 0.3) is 0 Å². The molecule has 0 aliphatic carbocycles. The van der Waals surface area contributed by atoms with Crippen molar-refractivity contribution in [2.24, 2.45) is 5.10 Å². The number of methoxy groups -OCH3 is 1. The number of rotatable bonds is 5. The van der Waals surface area contributed by atoms with E-state index in [1.807, 2.05) is 78.9 Å². The minimum absolute atomic E-state index is 0.0194. The standard InChI is InChI=1S/C24H21BrN2O2/c1-29-21-12-6-10-19(15-21)23-16-22(18-9-5-11-20(25)14-18)26-27(23)24(28)13-17-7-3-2-4-8-17/h2-12,14-15,23H,13,16H2,1H3. The molecule has 1 atom stereocenters. The predicted octanol–water partition coefficient (Wildman–Crippen LogP) is 5.38. The van der Waals surface area contributed by atoms with Crippen molar-refractivity contribution in [2.75, 3.05) is 7.11 Å². The van der Waals surface area contributed by atoms with Gasteiger partial charge in [-0.15, -0.1) is 0 Å². The van der Waals surface area contributed by atoms with Crippen LogP contribution in [0.2, 0.25) is 0 Å². The fourth-order valence-electron chi connectivity index (χ4n) is 3.54. The Morgan fingerprint density at radius 1 is 1.07 bits per heavy atom. The lowest BCUT2D eigenvalue weighted by Gasteiger charge is -2.22. The summed E-state index contributed by atoms with van der Waals surface area (Å²) in [5.74, 6) is 0.753. The SMILES string of the molecule is COc1cccc(C2CC(c3cccc(Br)c3)=NN2C(=O)Cc2ccccc2)c1. The fraction of sp³-hybridized carbons (Fsp3) is 0.167. The van der Waals surface area contributed by atoms with Crippen molar-refractivity contribution in [3.8, 4) is 5.75 Å². The maximum Gasteiger partial charge on any atom is 0.247 e. The predicted molar refractivity (Wildman–Crippen MR) is 118 cm³/mol. The van der Waals surface area contributed by atoms with Gasteiger partial charge in [0.2, 0.25) is 5.91 Å². The van der Waals surface area contributed by atoms with Crippen LogP contribution in [0.15, 0.2) is 88.4 Å². The van der Waals surface area contributed by atoms with Crippen LogP contribution in [0.5, 0.6) is 5.75 Å². The number of benzene rings is 3. The number of halogens is 1. The maximum absolute atomic E-state index is 13.2. The Kier molecular flexibility index (Phi) is 5.76. The number of ether oxygens (including phenoxy) is 1. The first-order valence-corrected chi connectivity index (χ1v) is 10.3. The summed E-state index contributed by atoms with van der Waals surface area (Å²) in [6.45, 7) is 0. The van der Waals surface area contributed by atoms with Crippen molar-refractivity contribution in [1.29, 1.82) is 0 Å². The summed E-state index contributed by atoms with van der Waals surface area (Å²) in [7, 11) is 1.65. The number of carbonyl (C=O) groups excluding carboxylic acids is 1. The molecule has 0 spiro atoms. The van der Waals surface area contributed by atoms with E-state index in [0.29, 0.717) is 12.8 Å². The molecule has 0 N–H and O–H groups in total. The highest BCUT2D eigenvalue weighted by Crippen LogP contribution is 2.35. The number of nitrogens with zero attached hydrogens (tertiary/aromatic N) is 2. The molecule has 1 unspecified atom stereocenters. The third kappa shape index (κ3) is 4.40. The highest BCUT2D eigenvalue weighted by molar-refractivity contribution is 9.10. The molecule has 146 valence electrons. The molecule has 1 aliphatic rings. The smallest absolute Gasteiger partial charge is 0.247 e. The third-order valence-electron chi connectivity index (χ3n) is 5.00. The van der Waals surface area contributed by atoms with E-state index in [-0.39, 0.29) is 11.9 Å². The van der Waals surface area contributed by atoms with Gasteiger partial charge in [-0.2, -0.15) is 5.10 Å². The van der Waals surface area contributed by atoms with Crippen LogP contribution in [-0.2, 0) is 11.2 Å². The van der Waals surface area contributed by atoms with Crippen LogP contribution in [0, 0.1) is 0 Å². The monoisotopic (exact) mass is 448 g/mol. The normalized spacial score (nSPS) is 15.9. The van der Waals surface area contributed by atoms with Gasteiger partial charge in [-0.1, -0.05) is 70.5 Å². The summed E-state index contributed by atoms with van der Waals surface area (Å²) in [5, 5.41) is 6.38. The lowest BCUT2D eigenvalue weighted by atomic mass is 9.98. The second-order valence-corrected chi connectivity index (χ2v) is 7.87. The average molecular weight is 449 g/mol. The van der Waals surface area contributed by atoms with Gasteiger partial charge in [0, 0.05) is 10.9 Å². The average Bonchev–Trinajstić information content (AvgIpc) is 3.20. The molecular weight excluding hydrogens is 428 g/mol. The van der Waals surface area contributed by atoms with E-state index in [9.17, 15) is 4.79 Å². The molecule has 0 bridgehead atoms. The molecule has 29 heavy (non-hydrogen) atoms. The van der Waals surface area contributed by atoms with Crippen LogP contribution in [-0.4, -0.2) is 23.7 Å². The Morgan fingerprint density at radius 3 is 2.62 bits per heavy atom. The number of carbonyl (C=O) groups is 1. The molecule has 0 radical (unpaired) electrons. The number of hydrogen-bond acceptors (Lipinski definition) is 3. The molecule has 1 amide bonds. The quantitative estimate of drug-likeness (QED) is 0.525. The van der Waals surface area contributed by atoms with Crippen molar-refractivity contribution < 1.29 is 9.53 Å². The molecular formula is C24H21BrN2O2. The van der Waals surface area contributed by atoms with E-state index >= 15 is 0 Å². The van der Waals surface area contributed by atoms with Gasteiger partial charge in [-0.05, 0) is 41.0 Å². The zero-order chi connectivity index (χ0) is 20.2. The van der Waals surface area contributed by atoms with Crippen molar-refractivity contribution in [3.05, 3.63) is 100 Å². The zero-order valence-electron chi connectivity index (χ0n) is 16.1. The van der Waals surface area contributed by atoms with E-state index in [4.69, 9.17) is 9.84 Å². The van der Waals surface area contributed by atoms with Crippen LogP contribution in [0.1, 0.15) is 29.2 Å². The molecule has 4 rings (SSSR count). The van der Waals surface area contributed by atoms with Crippen molar-refractivity contribution >= 4 is 27.5 Å². The van der Waals surface area contributed by atoms with E-state index < -0.39 is 0 Å². The summed E-state index contributed by atoms with van der Waals surface area (Å²) in [5.41, 5.74) is 3.91. The van der Waals surface area contributed by atoms with Gasteiger partial charge in [0.05, 0.1) is 25.3 Å². The molecule has 0 fully saturated rings. The highest BCUT2D eigenvalue weighted by atomic mass is 79.9. The van der Waals surface area contributed by atoms with Crippen LogP contribution in [0.3, 0.4) is 0 Å². The number of hydrazone groups is 1. The fourth-order valence-corrected chi connectivity index (χ4v) is 3.94. The molecule has 0 saturated carbocycles. The number of amides is 1. The second kappa shape index (κ2) is 8.62. The van der Waals surface area contributed by atoms with Crippen LogP contribution in [0.25, 0.3) is 0 Å². The van der Waals surface area contributed by atoms with Crippen molar-refractivity contribution in [2.45, 2.75) is 18.9 Å². The zero-order valence-corrected chi connectivity index (χ0v) is 17.7. The Morgan fingerprint density at radius 2 is 1.86 bits per heavy atom. The summed E-state index contributed by atoms with van der Waals surface area (Å²) in [6.07, 6.45) is 0.973. The van der Waals surface area contributed by atoms with Gasteiger partial charge >= 0.3 is 0 Å². The first kappa shape index (κ1) is 19.4. The van der Waals surface area contributed by atoms with Crippen LogP contribution < -0.4 is 4.74 Å². The molecule has 5 heteroatoms. The molecule has 3 aromatic rings. The Bertz CT molecular complexity index is 1050. The largest absolute Gasteiger partial charge is 0.497 e. The molecule has 4 nitrogen and oxygen atoms in total. The van der Waals surface area contributed by atoms with Gasteiger partial charge in [0.15, 0.2) is 0 Å². The molecule has 1 aliphatic heterocycles. The lowest BCUT2D eigenvalue weighted by Crippen LogP contribution is -2.28. The van der Waals surface area contributed by atoms with Crippen molar-refractivity contribution in [3.63, 3.8) is 0 Å². The van der Waals surface area contributed by atoms with Crippen molar-refractivity contribution in [1.82, 2.24) is 5.01 Å². The molecule has 0 saturated heterocycles. The molecule has 3 aromatic carbocycles. The summed E-state index contributed by atoms with van der Waals surface area (Å²) in [4.78, 5) is 13.2. The Hall–Kier alpha value is -2.92. The van der Waals surface area contributed by atoms with Gasteiger partial charge in [0.1, 0.15) is 5.75 Å². The minimum Gasteiger partial charge on any atom is -0.497 e. The highest BCUT2D eigenvalue weighted by Gasteiger charge is 2.33. The summed E-state index contributed by atoms with van der Waals surface area (Å²) >= 11 is 3.52. The topological polar surface area (TPSA) is 41.9 Å². The number of hydrogen-bond donors (Lipinski definition) is 0. The van der Waals surface area contributed by atoms with Gasteiger partial charge < -0.3 is 4.74 Å². The molecule has 1 heterocycles. The first-order chi connectivity index (χ1) is 14.1. The maximum atomic E-state index is 13.2. The van der Waals surface area contributed by atoms with E-state index in [0.717, 1.165) is 32.6 Å². The first-order valence-electron chi connectivity index (χ1n) is 9.47. The van der Waals surface area contributed by atoms with Crippen LogP contribution >= 0.6 is 15.9 Å². The summed E-state index contributed by atoms with van der Waals surface area (Å²) in [6, 6.07) is 25.5. The molecule has 0 aromatic heterocycles. The Labute approximate surface area is 178 Å². The van der Waals surface area contributed by atoms with E-state index in [2.05, 4.69) is 15.9 Å². The van der Waals surface area contributed by atoms with E-state index in [1.165, 1.54) is 0 Å². The lowest BCUT2D eigenvalue weighted by molar-refractivity contribution is -0.132. The minimum atomic E-state index is -0.157. The Balaban J connectivity index is 1.68. The third-order valence-corrected chi connectivity index (χ3v) is 5.49. The van der Waals surface area contributed by atoms with Gasteiger partial charge in [-0.25, -0.2) is 5.01 Å².